The molecule has 1 aliphatic carbocycles. The molecule has 0 amide bonds. The van der Waals surface area contributed by atoms with E-state index in [0.29, 0.717) is 18.6 Å². The van der Waals surface area contributed by atoms with Gasteiger partial charge in [-0.3, -0.25) is 20.0 Å². The zero-order valence-corrected chi connectivity index (χ0v) is 11.2. The third-order valence-electron chi connectivity index (χ3n) is 3.74. The van der Waals surface area contributed by atoms with Crippen LogP contribution in [0.4, 0.5) is 5.69 Å². The maximum absolute atomic E-state index is 10.6. The molecule has 6 nitrogen and oxygen atoms in total. The van der Waals surface area contributed by atoms with Gasteiger partial charge in [0.25, 0.3) is 5.69 Å². The predicted molar refractivity (Wildman–Crippen MR) is 72.6 cm³/mol. The number of hydrogen-bond donors (Lipinski definition) is 1. The van der Waals surface area contributed by atoms with Gasteiger partial charge in [-0.05, 0) is 32.4 Å². The molecule has 2 rings (SSSR count). The van der Waals surface area contributed by atoms with Gasteiger partial charge in [0.05, 0.1) is 10.6 Å². The first kappa shape index (κ1) is 13.9. The zero-order chi connectivity index (χ0) is 13.8. The summed E-state index contributed by atoms with van der Waals surface area (Å²) in [6, 6.07) is 4.01. The lowest BCUT2D eigenvalue weighted by Crippen LogP contribution is -2.40. The van der Waals surface area contributed by atoms with Gasteiger partial charge in [0.1, 0.15) is 6.20 Å². The van der Waals surface area contributed by atoms with Crippen molar-refractivity contribution in [2.24, 2.45) is 5.73 Å². The number of nitro groups is 1. The standard InChI is InChI=1S/C13H20N4O2/c1-16(12-4-2-3-10(14)7-12)9-11-5-6-13(8-15-11)17(18)19/h5-6,8,10,12H,2-4,7,9,14H2,1H3. The summed E-state index contributed by atoms with van der Waals surface area (Å²) in [5, 5.41) is 10.6. The maximum Gasteiger partial charge on any atom is 0.287 e. The maximum atomic E-state index is 10.6. The Balaban J connectivity index is 1.94. The molecular weight excluding hydrogens is 244 g/mol. The number of nitrogens with zero attached hydrogens (tertiary/aromatic N) is 3. The van der Waals surface area contributed by atoms with Gasteiger partial charge < -0.3 is 5.73 Å². The Labute approximate surface area is 112 Å². The van der Waals surface area contributed by atoms with Gasteiger partial charge >= 0.3 is 0 Å². The monoisotopic (exact) mass is 264 g/mol. The van der Waals surface area contributed by atoms with Crippen LogP contribution < -0.4 is 5.73 Å². The Kier molecular flexibility index (Phi) is 4.44. The van der Waals surface area contributed by atoms with E-state index < -0.39 is 4.92 Å². The van der Waals surface area contributed by atoms with Crippen molar-refractivity contribution in [3.8, 4) is 0 Å². The van der Waals surface area contributed by atoms with E-state index in [-0.39, 0.29) is 5.69 Å². The molecule has 1 fully saturated rings. The van der Waals surface area contributed by atoms with Crippen LogP contribution >= 0.6 is 0 Å². The Bertz CT molecular complexity index is 435. The van der Waals surface area contributed by atoms with Crippen LogP contribution in [0, 0.1) is 10.1 Å². The fraction of sp³-hybridized carbons (Fsp3) is 0.615. The lowest BCUT2D eigenvalue weighted by Gasteiger charge is -2.33. The molecule has 1 aliphatic rings. The van der Waals surface area contributed by atoms with E-state index in [1.165, 1.54) is 18.7 Å². The Morgan fingerprint density at radius 2 is 2.32 bits per heavy atom. The van der Waals surface area contributed by atoms with Crippen LogP contribution in [-0.2, 0) is 6.54 Å². The highest BCUT2D eigenvalue weighted by Crippen LogP contribution is 2.22. The van der Waals surface area contributed by atoms with Crippen LogP contribution in [0.1, 0.15) is 31.4 Å². The molecule has 1 saturated carbocycles. The molecule has 2 N–H and O–H groups in total. The van der Waals surface area contributed by atoms with Gasteiger partial charge in [-0.2, -0.15) is 0 Å². The minimum atomic E-state index is -0.430. The van der Waals surface area contributed by atoms with Crippen LogP contribution in [-0.4, -0.2) is 33.9 Å². The number of rotatable bonds is 4. The zero-order valence-electron chi connectivity index (χ0n) is 11.2. The van der Waals surface area contributed by atoms with Gasteiger partial charge in [-0.1, -0.05) is 6.42 Å². The fourth-order valence-electron chi connectivity index (χ4n) is 2.60. The highest BCUT2D eigenvalue weighted by molar-refractivity contribution is 5.26. The topological polar surface area (TPSA) is 85.3 Å². The summed E-state index contributed by atoms with van der Waals surface area (Å²) in [5.74, 6) is 0. The molecule has 0 bridgehead atoms. The average Bonchev–Trinajstić information content (AvgIpc) is 2.39. The van der Waals surface area contributed by atoms with Crippen molar-refractivity contribution in [3.63, 3.8) is 0 Å². The summed E-state index contributed by atoms with van der Waals surface area (Å²) >= 11 is 0. The van der Waals surface area contributed by atoms with E-state index in [9.17, 15) is 10.1 Å². The molecule has 1 aromatic heterocycles. The lowest BCUT2D eigenvalue weighted by atomic mass is 9.91. The summed E-state index contributed by atoms with van der Waals surface area (Å²) < 4.78 is 0. The van der Waals surface area contributed by atoms with Gasteiger partial charge in [0.15, 0.2) is 0 Å². The minimum absolute atomic E-state index is 0.0334. The number of nitrogens with two attached hydrogens (primary N) is 1. The van der Waals surface area contributed by atoms with Crippen LogP contribution in [0.15, 0.2) is 18.3 Å². The predicted octanol–water partition coefficient (Wildman–Crippen LogP) is 1.69. The van der Waals surface area contributed by atoms with Gasteiger partial charge in [-0.25, -0.2) is 0 Å². The van der Waals surface area contributed by atoms with Gasteiger partial charge in [0.2, 0.25) is 0 Å². The molecule has 2 atom stereocenters. The first-order valence-electron chi connectivity index (χ1n) is 6.61. The van der Waals surface area contributed by atoms with E-state index >= 15 is 0 Å². The SMILES string of the molecule is CN(Cc1ccc([N+](=O)[O-])cn1)C1CCCC(N)C1. The first-order valence-corrected chi connectivity index (χ1v) is 6.61. The molecule has 2 unspecified atom stereocenters. The first-order chi connectivity index (χ1) is 9.06. The molecule has 1 heterocycles. The smallest absolute Gasteiger partial charge is 0.287 e. The minimum Gasteiger partial charge on any atom is -0.328 e. The van der Waals surface area contributed by atoms with Crippen molar-refractivity contribution in [1.82, 2.24) is 9.88 Å². The Morgan fingerprint density at radius 3 is 2.89 bits per heavy atom. The van der Waals surface area contributed by atoms with Crippen LogP contribution in [0.25, 0.3) is 0 Å². The average molecular weight is 264 g/mol. The normalized spacial score (nSPS) is 23.5. The van der Waals surface area contributed by atoms with E-state index in [0.717, 1.165) is 25.0 Å². The third-order valence-corrected chi connectivity index (χ3v) is 3.74. The summed E-state index contributed by atoms with van der Waals surface area (Å²) in [6.07, 6.45) is 5.78. The van der Waals surface area contributed by atoms with Crippen molar-refractivity contribution in [2.45, 2.75) is 44.3 Å². The van der Waals surface area contributed by atoms with Gasteiger partial charge in [-0.15, -0.1) is 0 Å². The molecule has 0 radical (unpaired) electrons. The molecular formula is C13H20N4O2. The second-order valence-electron chi connectivity index (χ2n) is 5.26. The highest BCUT2D eigenvalue weighted by Gasteiger charge is 2.22. The van der Waals surface area contributed by atoms with Crippen molar-refractivity contribution >= 4 is 5.69 Å². The number of aromatic nitrogens is 1. The number of pyridine rings is 1. The summed E-state index contributed by atoms with van der Waals surface area (Å²) in [6.45, 7) is 0.704. The molecule has 19 heavy (non-hydrogen) atoms. The van der Waals surface area contributed by atoms with E-state index in [2.05, 4.69) is 16.9 Å². The number of hydrogen-bond acceptors (Lipinski definition) is 5. The molecule has 0 saturated heterocycles. The summed E-state index contributed by atoms with van der Waals surface area (Å²) in [7, 11) is 2.06. The highest BCUT2D eigenvalue weighted by atomic mass is 16.6. The van der Waals surface area contributed by atoms with Crippen molar-refractivity contribution in [3.05, 3.63) is 34.1 Å². The molecule has 6 heteroatoms. The quantitative estimate of drug-likeness (QED) is 0.660. The summed E-state index contributed by atoms with van der Waals surface area (Å²) in [5.41, 5.74) is 6.88. The second kappa shape index (κ2) is 6.08. The second-order valence-corrected chi connectivity index (χ2v) is 5.26. The van der Waals surface area contributed by atoms with E-state index in [1.54, 1.807) is 6.07 Å². The molecule has 1 aromatic rings. The van der Waals surface area contributed by atoms with E-state index in [1.807, 2.05) is 0 Å². The van der Waals surface area contributed by atoms with Crippen molar-refractivity contribution in [2.75, 3.05) is 7.05 Å². The van der Waals surface area contributed by atoms with Crippen LogP contribution in [0.2, 0.25) is 0 Å². The lowest BCUT2D eigenvalue weighted by molar-refractivity contribution is -0.385. The molecule has 104 valence electrons. The third kappa shape index (κ3) is 3.71. The van der Waals surface area contributed by atoms with Crippen molar-refractivity contribution < 1.29 is 4.92 Å². The van der Waals surface area contributed by atoms with Gasteiger partial charge in [0, 0.05) is 24.7 Å². The Hall–Kier alpha value is -1.53. The summed E-state index contributed by atoms with van der Waals surface area (Å²) in [4.78, 5) is 16.5. The molecule has 0 aromatic carbocycles. The molecule has 0 spiro atoms. The molecule has 0 aliphatic heterocycles. The Morgan fingerprint density at radius 1 is 1.53 bits per heavy atom. The van der Waals surface area contributed by atoms with Crippen molar-refractivity contribution in [1.29, 1.82) is 0 Å². The largest absolute Gasteiger partial charge is 0.328 e. The van der Waals surface area contributed by atoms with Crippen LogP contribution in [0.5, 0.6) is 0 Å². The fourth-order valence-corrected chi connectivity index (χ4v) is 2.60. The van der Waals surface area contributed by atoms with Crippen LogP contribution in [0.3, 0.4) is 0 Å². The van der Waals surface area contributed by atoms with E-state index in [4.69, 9.17) is 5.73 Å².